The topological polar surface area (TPSA) is 47.6 Å². The second kappa shape index (κ2) is 5.94. The summed E-state index contributed by atoms with van der Waals surface area (Å²) in [5.41, 5.74) is 0.663. The first-order valence-electron chi connectivity index (χ1n) is 6.24. The molecule has 0 bridgehead atoms. The molecule has 1 fully saturated rings. The molecule has 1 aliphatic heterocycles. The molecule has 1 heterocycles. The summed E-state index contributed by atoms with van der Waals surface area (Å²) < 4.78 is 11.1. The summed E-state index contributed by atoms with van der Waals surface area (Å²) in [4.78, 5) is 13.1. The molecule has 0 aliphatic carbocycles. The van der Waals surface area contributed by atoms with Crippen molar-refractivity contribution < 1.29 is 14.3 Å². The van der Waals surface area contributed by atoms with E-state index >= 15 is 0 Å². The van der Waals surface area contributed by atoms with Crippen LogP contribution in [0.2, 0.25) is 0 Å². The summed E-state index contributed by atoms with van der Waals surface area (Å²) in [6.07, 6.45) is 1.93. The zero-order valence-electron chi connectivity index (χ0n) is 11.4. The molecule has 0 spiro atoms. The van der Waals surface area contributed by atoms with E-state index in [9.17, 15) is 4.79 Å². The summed E-state index contributed by atoms with van der Waals surface area (Å²) >= 11 is 1.65. The van der Waals surface area contributed by atoms with Crippen molar-refractivity contribution in [3.63, 3.8) is 0 Å². The molecule has 2 rings (SSSR count). The first-order valence-corrected chi connectivity index (χ1v) is 7.47. The third kappa shape index (κ3) is 3.96. The van der Waals surface area contributed by atoms with Crippen LogP contribution in [0.4, 0.5) is 0 Å². The Morgan fingerprint density at radius 3 is 2.63 bits per heavy atom. The standard InChI is InChI=1S/C14H19NO3S/c1-14(2)17-9-11(18-14)8-15-13(16)10-4-6-12(19-3)7-5-10/h4-7,11H,8-9H2,1-3H3,(H,15,16). The molecule has 0 aromatic heterocycles. The zero-order chi connectivity index (χ0) is 13.9. The molecule has 104 valence electrons. The minimum atomic E-state index is -0.546. The number of thioether (sulfide) groups is 1. The largest absolute Gasteiger partial charge is 0.349 e. The van der Waals surface area contributed by atoms with Crippen molar-refractivity contribution in [3.05, 3.63) is 29.8 Å². The lowest BCUT2D eigenvalue weighted by Gasteiger charge is -2.17. The summed E-state index contributed by atoms with van der Waals surface area (Å²) in [6.45, 7) is 4.72. The maximum atomic E-state index is 11.9. The van der Waals surface area contributed by atoms with Crippen LogP contribution in [-0.4, -0.2) is 37.2 Å². The van der Waals surface area contributed by atoms with E-state index in [4.69, 9.17) is 9.47 Å². The van der Waals surface area contributed by atoms with Crippen molar-refractivity contribution in [2.75, 3.05) is 19.4 Å². The predicted molar refractivity (Wildman–Crippen MR) is 75.5 cm³/mol. The minimum absolute atomic E-state index is 0.0792. The van der Waals surface area contributed by atoms with Crippen molar-refractivity contribution in [2.24, 2.45) is 0 Å². The monoisotopic (exact) mass is 281 g/mol. The van der Waals surface area contributed by atoms with Gasteiger partial charge in [-0.1, -0.05) is 0 Å². The number of carbonyl (C=O) groups excluding carboxylic acids is 1. The van der Waals surface area contributed by atoms with Crippen LogP contribution in [-0.2, 0) is 9.47 Å². The summed E-state index contributed by atoms with van der Waals surface area (Å²) in [5, 5.41) is 2.87. The Morgan fingerprint density at radius 2 is 2.11 bits per heavy atom. The van der Waals surface area contributed by atoms with Gasteiger partial charge in [-0.3, -0.25) is 4.79 Å². The highest BCUT2D eigenvalue weighted by molar-refractivity contribution is 7.98. The molecular weight excluding hydrogens is 262 g/mol. The number of nitrogens with one attached hydrogen (secondary N) is 1. The lowest BCUT2D eigenvalue weighted by molar-refractivity contribution is -0.137. The van der Waals surface area contributed by atoms with Crippen molar-refractivity contribution in [3.8, 4) is 0 Å². The van der Waals surface area contributed by atoms with Gasteiger partial charge in [0, 0.05) is 17.0 Å². The molecule has 19 heavy (non-hydrogen) atoms. The second-order valence-corrected chi connectivity index (χ2v) is 5.77. The Labute approximate surface area is 117 Å². The van der Waals surface area contributed by atoms with Crippen LogP contribution >= 0.6 is 11.8 Å². The van der Waals surface area contributed by atoms with Gasteiger partial charge in [0.1, 0.15) is 6.10 Å². The van der Waals surface area contributed by atoms with Crippen LogP contribution in [0, 0.1) is 0 Å². The lowest BCUT2D eigenvalue weighted by atomic mass is 10.2. The Morgan fingerprint density at radius 1 is 1.42 bits per heavy atom. The molecule has 1 amide bonds. The molecule has 0 radical (unpaired) electrons. The van der Waals surface area contributed by atoms with Crippen molar-refractivity contribution in [1.82, 2.24) is 5.32 Å². The van der Waals surface area contributed by atoms with Crippen molar-refractivity contribution in [2.45, 2.75) is 30.6 Å². The van der Waals surface area contributed by atoms with Crippen LogP contribution in [0.3, 0.4) is 0 Å². The van der Waals surface area contributed by atoms with Crippen LogP contribution in [0.1, 0.15) is 24.2 Å². The van der Waals surface area contributed by atoms with E-state index < -0.39 is 5.79 Å². The quantitative estimate of drug-likeness (QED) is 0.860. The molecule has 4 nitrogen and oxygen atoms in total. The fraction of sp³-hybridized carbons (Fsp3) is 0.500. The van der Waals surface area contributed by atoms with Gasteiger partial charge in [0.2, 0.25) is 0 Å². The smallest absolute Gasteiger partial charge is 0.251 e. The number of ether oxygens (including phenoxy) is 2. The van der Waals surface area contributed by atoms with Gasteiger partial charge in [0.15, 0.2) is 5.79 Å². The van der Waals surface area contributed by atoms with Gasteiger partial charge in [-0.2, -0.15) is 0 Å². The molecule has 0 saturated carbocycles. The van der Waals surface area contributed by atoms with Crippen LogP contribution in [0.5, 0.6) is 0 Å². The number of hydrogen-bond acceptors (Lipinski definition) is 4. The SMILES string of the molecule is CSc1ccc(C(=O)NCC2COC(C)(C)O2)cc1. The molecule has 1 aromatic carbocycles. The van der Waals surface area contributed by atoms with E-state index in [2.05, 4.69) is 5.32 Å². The van der Waals surface area contributed by atoms with E-state index in [-0.39, 0.29) is 12.0 Å². The zero-order valence-corrected chi connectivity index (χ0v) is 12.3. The van der Waals surface area contributed by atoms with Gasteiger partial charge in [-0.05, 0) is 44.4 Å². The predicted octanol–water partition coefficient (Wildman–Crippen LogP) is 2.29. The third-order valence-corrected chi connectivity index (χ3v) is 3.65. The van der Waals surface area contributed by atoms with Gasteiger partial charge in [0.05, 0.1) is 6.61 Å². The van der Waals surface area contributed by atoms with E-state index in [1.807, 2.05) is 44.4 Å². The number of benzene rings is 1. The second-order valence-electron chi connectivity index (χ2n) is 4.89. The van der Waals surface area contributed by atoms with E-state index in [1.54, 1.807) is 11.8 Å². The number of carbonyl (C=O) groups is 1. The number of amides is 1. The van der Waals surface area contributed by atoms with E-state index in [0.29, 0.717) is 18.7 Å². The maximum absolute atomic E-state index is 11.9. The Bertz CT molecular complexity index is 445. The lowest BCUT2D eigenvalue weighted by Crippen LogP contribution is -2.34. The van der Waals surface area contributed by atoms with E-state index in [1.165, 1.54) is 0 Å². The molecular formula is C14H19NO3S. The molecule has 1 atom stereocenters. The van der Waals surface area contributed by atoms with Crippen molar-refractivity contribution in [1.29, 1.82) is 0 Å². The maximum Gasteiger partial charge on any atom is 0.251 e. The molecule has 1 saturated heterocycles. The van der Waals surface area contributed by atoms with Crippen LogP contribution in [0.25, 0.3) is 0 Å². The van der Waals surface area contributed by atoms with Crippen molar-refractivity contribution >= 4 is 17.7 Å². The van der Waals surface area contributed by atoms with Crippen LogP contribution in [0.15, 0.2) is 29.2 Å². The molecule has 5 heteroatoms. The minimum Gasteiger partial charge on any atom is -0.349 e. The molecule has 1 N–H and O–H groups in total. The summed E-state index contributed by atoms with van der Waals surface area (Å²) in [6, 6.07) is 7.55. The first-order chi connectivity index (χ1) is 9.00. The van der Waals surface area contributed by atoms with Gasteiger partial charge >= 0.3 is 0 Å². The average molecular weight is 281 g/mol. The molecule has 1 unspecified atom stereocenters. The highest BCUT2D eigenvalue weighted by Gasteiger charge is 2.32. The third-order valence-electron chi connectivity index (χ3n) is 2.91. The summed E-state index contributed by atoms with van der Waals surface area (Å²) in [5.74, 6) is -0.629. The fourth-order valence-corrected chi connectivity index (χ4v) is 2.32. The van der Waals surface area contributed by atoms with Gasteiger partial charge in [-0.25, -0.2) is 0 Å². The molecule has 1 aromatic rings. The average Bonchev–Trinajstić information content (AvgIpc) is 2.76. The number of hydrogen-bond donors (Lipinski definition) is 1. The number of rotatable bonds is 4. The Balaban J connectivity index is 1.84. The Kier molecular flexibility index (Phi) is 4.50. The Hall–Kier alpha value is -1.04. The fourth-order valence-electron chi connectivity index (χ4n) is 1.91. The van der Waals surface area contributed by atoms with Gasteiger partial charge in [0.25, 0.3) is 5.91 Å². The highest BCUT2D eigenvalue weighted by atomic mass is 32.2. The van der Waals surface area contributed by atoms with Crippen LogP contribution < -0.4 is 5.32 Å². The highest BCUT2D eigenvalue weighted by Crippen LogP contribution is 2.21. The normalized spacial score (nSPS) is 21.3. The van der Waals surface area contributed by atoms with Gasteiger partial charge in [-0.15, -0.1) is 11.8 Å². The van der Waals surface area contributed by atoms with E-state index in [0.717, 1.165) is 4.90 Å². The first kappa shape index (κ1) is 14.4. The molecule has 1 aliphatic rings. The van der Waals surface area contributed by atoms with Gasteiger partial charge < -0.3 is 14.8 Å². The summed E-state index contributed by atoms with van der Waals surface area (Å²) in [7, 11) is 0.